The van der Waals surface area contributed by atoms with Crippen molar-refractivity contribution >= 4 is 40.9 Å². The van der Waals surface area contributed by atoms with Crippen LogP contribution in [0.4, 0.5) is 11.6 Å². The second kappa shape index (κ2) is 11.0. The number of benzene rings is 1. The van der Waals surface area contributed by atoms with Gasteiger partial charge in [0.2, 0.25) is 11.9 Å². The molecule has 0 atom stereocenters. The summed E-state index contributed by atoms with van der Waals surface area (Å²) in [4.78, 5) is 24.6. The Morgan fingerprint density at radius 1 is 1.10 bits per heavy atom. The zero-order valence-electron chi connectivity index (χ0n) is 16.8. The highest BCUT2D eigenvalue weighted by Crippen LogP contribution is 2.10. The predicted molar refractivity (Wildman–Crippen MR) is 116 cm³/mol. The minimum absolute atomic E-state index is 0.309. The SMILES string of the molecule is COCCN=C(NC(=S)Nc1ccc(C(=O)OC)cc1)Nc1nc(C)cc(C)n1. The van der Waals surface area contributed by atoms with Crippen molar-refractivity contribution < 1.29 is 14.3 Å². The third-order valence-corrected chi connectivity index (χ3v) is 3.78. The van der Waals surface area contributed by atoms with Gasteiger partial charge in [0.05, 0.1) is 25.8 Å². The molecular formula is C19H24N6O3S. The zero-order chi connectivity index (χ0) is 21.2. The maximum Gasteiger partial charge on any atom is 0.337 e. The van der Waals surface area contributed by atoms with Crippen molar-refractivity contribution in [1.29, 1.82) is 0 Å². The summed E-state index contributed by atoms with van der Waals surface area (Å²) in [5, 5.41) is 9.37. The molecule has 0 aliphatic heterocycles. The molecule has 0 unspecified atom stereocenters. The fraction of sp³-hybridized carbons (Fsp3) is 0.316. The summed E-state index contributed by atoms with van der Waals surface area (Å²) in [6.45, 7) is 4.65. The molecule has 1 aromatic heterocycles. The Hall–Kier alpha value is -3.11. The van der Waals surface area contributed by atoms with Crippen LogP contribution in [0.2, 0.25) is 0 Å². The molecule has 10 heteroatoms. The van der Waals surface area contributed by atoms with Crippen LogP contribution in [-0.2, 0) is 9.47 Å². The third-order valence-electron chi connectivity index (χ3n) is 3.57. The first-order valence-electron chi connectivity index (χ1n) is 8.80. The molecule has 0 bridgehead atoms. The molecule has 0 amide bonds. The Balaban J connectivity index is 2.06. The van der Waals surface area contributed by atoms with Crippen molar-refractivity contribution in [3.63, 3.8) is 0 Å². The summed E-state index contributed by atoms with van der Waals surface area (Å²) in [7, 11) is 2.94. The molecule has 3 N–H and O–H groups in total. The largest absolute Gasteiger partial charge is 0.465 e. The number of hydrogen-bond donors (Lipinski definition) is 3. The van der Waals surface area contributed by atoms with E-state index in [2.05, 4.69) is 35.6 Å². The number of anilines is 2. The lowest BCUT2D eigenvalue weighted by atomic mass is 10.2. The highest BCUT2D eigenvalue weighted by molar-refractivity contribution is 7.80. The Labute approximate surface area is 175 Å². The average molecular weight is 417 g/mol. The maximum absolute atomic E-state index is 11.5. The van der Waals surface area contributed by atoms with E-state index in [9.17, 15) is 4.79 Å². The zero-order valence-corrected chi connectivity index (χ0v) is 17.6. The number of aryl methyl sites for hydroxylation is 2. The molecule has 0 aliphatic rings. The summed E-state index contributed by atoms with van der Waals surface area (Å²) in [6.07, 6.45) is 0. The normalized spacial score (nSPS) is 11.0. The van der Waals surface area contributed by atoms with Crippen molar-refractivity contribution in [2.75, 3.05) is 38.0 Å². The highest BCUT2D eigenvalue weighted by Gasteiger charge is 2.08. The third kappa shape index (κ3) is 7.43. The van der Waals surface area contributed by atoms with Crippen molar-refractivity contribution in [3.8, 4) is 0 Å². The van der Waals surface area contributed by atoms with E-state index in [0.29, 0.717) is 41.4 Å². The van der Waals surface area contributed by atoms with Gasteiger partial charge in [0.1, 0.15) is 0 Å². The van der Waals surface area contributed by atoms with Gasteiger partial charge in [0.15, 0.2) is 5.11 Å². The maximum atomic E-state index is 11.5. The van der Waals surface area contributed by atoms with Crippen LogP contribution in [0.5, 0.6) is 0 Å². The van der Waals surface area contributed by atoms with E-state index in [0.717, 1.165) is 11.4 Å². The van der Waals surface area contributed by atoms with Crippen molar-refractivity contribution in [2.24, 2.45) is 4.99 Å². The van der Waals surface area contributed by atoms with Crippen LogP contribution in [-0.4, -0.2) is 54.4 Å². The Morgan fingerprint density at radius 2 is 1.76 bits per heavy atom. The number of rotatable bonds is 6. The first-order valence-corrected chi connectivity index (χ1v) is 9.21. The van der Waals surface area contributed by atoms with Gasteiger partial charge >= 0.3 is 5.97 Å². The van der Waals surface area contributed by atoms with Crippen LogP contribution in [0, 0.1) is 13.8 Å². The summed E-state index contributed by atoms with van der Waals surface area (Å²) < 4.78 is 9.73. The van der Waals surface area contributed by atoms with Crippen molar-refractivity contribution in [3.05, 3.63) is 47.3 Å². The van der Waals surface area contributed by atoms with E-state index < -0.39 is 5.97 Å². The van der Waals surface area contributed by atoms with Crippen LogP contribution in [0.15, 0.2) is 35.3 Å². The van der Waals surface area contributed by atoms with Crippen LogP contribution in [0.1, 0.15) is 21.7 Å². The van der Waals surface area contributed by atoms with Gasteiger partial charge in [-0.3, -0.25) is 10.3 Å². The number of carbonyl (C=O) groups excluding carboxylic acids is 1. The van der Waals surface area contributed by atoms with Crippen LogP contribution in [0.3, 0.4) is 0 Å². The van der Waals surface area contributed by atoms with E-state index >= 15 is 0 Å². The lowest BCUT2D eigenvalue weighted by molar-refractivity contribution is 0.0601. The minimum Gasteiger partial charge on any atom is -0.465 e. The molecule has 0 saturated heterocycles. The fourth-order valence-corrected chi connectivity index (χ4v) is 2.54. The topological polar surface area (TPSA) is 110 Å². The standard InChI is InChI=1S/C19H24N6O3S/c1-12-11-13(2)22-18(21-12)24-17(20-9-10-27-3)25-19(29)23-15-7-5-14(6-8-15)16(26)28-4/h5-8,11H,9-10H2,1-4H3,(H3,20,21,22,23,24,25,29). The van der Waals surface area contributed by atoms with Gasteiger partial charge in [-0.1, -0.05) is 0 Å². The van der Waals surface area contributed by atoms with E-state index in [4.69, 9.17) is 17.0 Å². The summed E-state index contributed by atoms with van der Waals surface area (Å²) in [6, 6.07) is 8.62. The first-order chi connectivity index (χ1) is 13.9. The fourth-order valence-electron chi connectivity index (χ4n) is 2.32. The quantitative estimate of drug-likeness (QED) is 0.215. The van der Waals surface area contributed by atoms with E-state index in [1.807, 2.05) is 19.9 Å². The molecule has 29 heavy (non-hydrogen) atoms. The van der Waals surface area contributed by atoms with E-state index in [1.54, 1.807) is 31.4 Å². The van der Waals surface area contributed by atoms with Crippen LogP contribution < -0.4 is 16.0 Å². The summed E-state index contributed by atoms with van der Waals surface area (Å²) in [5.41, 5.74) is 2.83. The Kier molecular flexibility index (Phi) is 8.44. The first kappa shape index (κ1) is 22.2. The van der Waals surface area contributed by atoms with E-state index in [-0.39, 0.29) is 0 Å². The summed E-state index contributed by atoms with van der Waals surface area (Å²) in [5.74, 6) is 0.398. The number of esters is 1. The number of ether oxygens (including phenoxy) is 2. The molecule has 1 heterocycles. The monoisotopic (exact) mass is 416 g/mol. The van der Waals surface area contributed by atoms with Crippen molar-refractivity contribution in [1.82, 2.24) is 15.3 Å². The van der Waals surface area contributed by atoms with Crippen molar-refractivity contribution in [2.45, 2.75) is 13.8 Å². The second-order valence-corrected chi connectivity index (χ2v) is 6.38. The molecular weight excluding hydrogens is 392 g/mol. The van der Waals surface area contributed by atoms with Gasteiger partial charge in [-0.05, 0) is 56.4 Å². The molecule has 2 aromatic rings. The number of methoxy groups -OCH3 is 2. The molecule has 0 spiro atoms. The summed E-state index contributed by atoms with van der Waals surface area (Å²) >= 11 is 5.36. The highest BCUT2D eigenvalue weighted by atomic mass is 32.1. The molecule has 9 nitrogen and oxygen atoms in total. The Bertz CT molecular complexity index is 866. The molecule has 0 radical (unpaired) electrons. The van der Waals surface area contributed by atoms with Crippen LogP contribution >= 0.6 is 12.2 Å². The Morgan fingerprint density at radius 3 is 2.34 bits per heavy atom. The number of carbonyl (C=O) groups is 1. The van der Waals surface area contributed by atoms with Gasteiger partial charge in [0.25, 0.3) is 0 Å². The predicted octanol–water partition coefficient (Wildman–Crippen LogP) is 2.28. The van der Waals surface area contributed by atoms with E-state index in [1.165, 1.54) is 7.11 Å². The molecule has 0 fully saturated rings. The second-order valence-electron chi connectivity index (χ2n) is 5.97. The van der Waals surface area contributed by atoms with Gasteiger partial charge in [0, 0.05) is 24.2 Å². The molecule has 1 aromatic carbocycles. The number of nitrogens with one attached hydrogen (secondary N) is 3. The van der Waals surface area contributed by atoms with Gasteiger partial charge in [-0.2, -0.15) is 0 Å². The number of thiocarbonyl (C=S) groups is 1. The smallest absolute Gasteiger partial charge is 0.337 e. The van der Waals surface area contributed by atoms with Gasteiger partial charge in [-0.15, -0.1) is 0 Å². The lowest BCUT2D eigenvalue weighted by Crippen LogP contribution is -2.39. The average Bonchev–Trinajstić information content (AvgIpc) is 2.67. The molecule has 154 valence electrons. The minimum atomic E-state index is -0.400. The lowest BCUT2D eigenvalue weighted by Gasteiger charge is -2.14. The number of guanidine groups is 1. The van der Waals surface area contributed by atoms with Gasteiger partial charge < -0.3 is 20.1 Å². The van der Waals surface area contributed by atoms with Gasteiger partial charge in [-0.25, -0.2) is 14.8 Å². The number of nitrogens with zero attached hydrogens (tertiary/aromatic N) is 3. The molecule has 0 saturated carbocycles. The number of aliphatic imine (C=N–C) groups is 1. The number of hydrogen-bond acceptors (Lipinski definition) is 7. The van der Waals surface area contributed by atoms with Crippen LogP contribution in [0.25, 0.3) is 0 Å². The molecule has 2 rings (SSSR count). The molecule has 0 aliphatic carbocycles. The number of aromatic nitrogens is 2.